The summed E-state index contributed by atoms with van der Waals surface area (Å²) in [4.78, 5) is 16.3. The number of benzene rings is 1. The lowest BCUT2D eigenvalue weighted by molar-refractivity contribution is -0.116. The van der Waals surface area contributed by atoms with E-state index in [1.807, 2.05) is 19.1 Å². The number of carbonyl (C=O) groups excluding carboxylic acids is 1. The number of carbonyl (C=O) groups is 1. The van der Waals surface area contributed by atoms with Gasteiger partial charge >= 0.3 is 0 Å². The first-order chi connectivity index (χ1) is 12.0. The first kappa shape index (κ1) is 17.2. The monoisotopic (exact) mass is 357 g/mol. The third kappa shape index (κ3) is 4.48. The van der Waals surface area contributed by atoms with Crippen LogP contribution in [0, 0.1) is 6.92 Å². The molecule has 1 N–H and O–H groups in total. The molecule has 0 fully saturated rings. The Hall–Kier alpha value is -2.61. The highest BCUT2D eigenvalue weighted by Crippen LogP contribution is 2.21. The van der Waals surface area contributed by atoms with Crippen LogP contribution in [0.1, 0.15) is 42.6 Å². The molecule has 0 unspecified atom stereocenters. The number of anilines is 1. The minimum atomic E-state index is -0.155. The maximum atomic E-state index is 11.9. The highest BCUT2D eigenvalue weighted by molar-refractivity contribution is 7.15. The molecule has 0 aliphatic heterocycles. The molecule has 0 radical (unpaired) electrons. The van der Waals surface area contributed by atoms with Crippen LogP contribution < -0.4 is 5.32 Å². The van der Waals surface area contributed by atoms with Gasteiger partial charge < -0.3 is 9.84 Å². The summed E-state index contributed by atoms with van der Waals surface area (Å²) in [6.45, 7) is 6.13. The van der Waals surface area contributed by atoms with E-state index in [0.717, 1.165) is 10.6 Å². The number of aryl methyl sites for hydroxylation is 2. The molecular formula is C17H19N5O2S. The molecule has 0 bridgehead atoms. The standard InChI is InChI=1S/C17H19N5O2S/c1-10(2)12-4-6-13(7-5-12)16-19-15(24-22-16)9-8-14(23)18-17-21-20-11(3)25-17/h4-7,10H,8-9H2,1-3H3,(H,18,21,23). The number of amides is 1. The Balaban J connectivity index is 1.57. The largest absolute Gasteiger partial charge is 0.339 e. The third-order valence-corrected chi connectivity index (χ3v) is 4.40. The number of rotatable bonds is 6. The summed E-state index contributed by atoms with van der Waals surface area (Å²) >= 11 is 1.34. The summed E-state index contributed by atoms with van der Waals surface area (Å²) in [5, 5.41) is 15.7. The number of hydrogen-bond donors (Lipinski definition) is 1. The van der Waals surface area contributed by atoms with Crippen molar-refractivity contribution < 1.29 is 9.32 Å². The van der Waals surface area contributed by atoms with Gasteiger partial charge in [0.1, 0.15) is 5.01 Å². The maximum Gasteiger partial charge on any atom is 0.227 e. The normalized spacial score (nSPS) is 11.0. The van der Waals surface area contributed by atoms with E-state index in [1.54, 1.807) is 0 Å². The van der Waals surface area contributed by atoms with E-state index >= 15 is 0 Å². The van der Waals surface area contributed by atoms with Crippen molar-refractivity contribution in [2.75, 3.05) is 5.32 Å². The molecule has 3 aromatic rings. The quantitative estimate of drug-likeness (QED) is 0.724. The van der Waals surface area contributed by atoms with Crippen LogP contribution in [-0.2, 0) is 11.2 Å². The molecule has 1 aromatic carbocycles. The van der Waals surface area contributed by atoms with E-state index in [4.69, 9.17) is 4.52 Å². The molecule has 2 heterocycles. The minimum absolute atomic E-state index is 0.155. The summed E-state index contributed by atoms with van der Waals surface area (Å²) in [5.41, 5.74) is 2.16. The van der Waals surface area contributed by atoms with Crippen LogP contribution in [0.5, 0.6) is 0 Å². The van der Waals surface area contributed by atoms with Gasteiger partial charge in [-0.05, 0) is 18.4 Å². The minimum Gasteiger partial charge on any atom is -0.339 e. The molecule has 0 aliphatic rings. The number of aromatic nitrogens is 4. The Kier molecular flexibility index (Phi) is 5.18. The summed E-state index contributed by atoms with van der Waals surface area (Å²) in [5.74, 6) is 1.29. The van der Waals surface area contributed by atoms with Gasteiger partial charge in [0.15, 0.2) is 0 Å². The third-order valence-electron chi connectivity index (χ3n) is 3.64. The Morgan fingerprint density at radius 2 is 2.00 bits per heavy atom. The second kappa shape index (κ2) is 7.52. The van der Waals surface area contributed by atoms with Gasteiger partial charge in [-0.2, -0.15) is 4.98 Å². The fraction of sp³-hybridized carbons (Fsp3) is 0.353. The van der Waals surface area contributed by atoms with Gasteiger partial charge in [-0.15, -0.1) is 10.2 Å². The second-order valence-electron chi connectivity index (χ2n) is 5.96. The SMILES string of the molecule is Cc1nnc(NC(=O)CCc2nc(-c3ccc(C(C)C)cc3)no2)s1. The molecule has 25 heavy (non-hydrogen) atoms. The van der Waals surface area contributed by atoms with E-state index in [9.17, 15) is 4.79 Å². The molecule has 7 nitrogen and oxygen atoms in total. The Labute approximate surface area is 149 Å². The maximum absolute atomic E-state index is 11.9. The van der Waals surface area contributed by atoms with Gasteiger partial charge in [0, 0.05) is 18.4 Å². The van der Waals surface area contributed by atoms with E-state index in [-0.39, 0.29) is 12.3 Å². The van der Waals surface area contributed by atoms with Crippen molar-refractivity contribution in [2.45, 2.75) is 39.5 Å². The van der Waals surface area contributed by atoms with Gasteiger partial charge in [-0.3, -0.25) is 4.79 Å². The predicted octanol–water partition coefficient (Wildman–Crippen LogP) is 3.59. The van der Waals surface area contributed by atoms with E-state index in [0.29, 0.717) is 29.2 Å². The van der Waals surface area contributed by atoms with Crippen LogP contribution in [0.15, 0.2) is 28.8 Å². The fourth-order valence-corrected chi connectivity index (χ4v) is 2.85. The van der Waals surface area contributed by atoms with Gasteiger partial charge in [-0.25, -0.2) is 0 Å². The molecule has 0 spiro atoms. The number of nitrogens with zero attached hydrogens (tertiary/aromatic N) is 4. The van der Waals surface area contributed by atoms with Crippen molar-refractivity contribution in [3.8, 4) is 11.4 Å². The average Bonchev–Trinajstić information content (AvgIpc) is 3.22. The highest BCUT2D eigenvalue weighted by Gasteiger charge is 2.12. The van der Waals surface area contributed by atoms with Crippen molar-refractivity contribution in [3.05, 3.63) is 40.7 Å². The molecular weight excluding hydrogens is 338 g/mol. The van der Waals surface area contributed by atoms with Crippen LogP contribution in [0.2, 0.25) is 0 Å². The summed E-state index contributed by atoms with van der Waals surface area (Å²) in [7, 11) is 0. The molecule has 2 aromatic heterocycles. The average molecular weight is 357 g/mol. The first-order valence-corrected chi connectivity index (χ1v) is 8.86. The topological polar surface area (TPSA) is 93.8 Å². The fourth-order valence-electron chi connectivity index (χ4n) is 2.24. The molecule has 0 atom stereocenters. The lowest BCUT2D eigenvalue weighted by Crippen LogP contribution is -2.12. The zero-order valence-corrected chi connectivity index (χ0v) is 15.1. The van der Waals surface area contributed by atoms with Crippen LogP contribution in [0.3, 0.4) is 0 Å². The molecule has 1 amide bonds. The Morgan fingerprint density at radius 3 is 2.64 bits per heavy atom. The molecule has 0 saturated heterocycles. The summed E-state index contributed by atoms with van der Waals surface area (Å²) in [6, 6.07) is 8.09. The van der Waals surface area contributed by atoms with E-state index < -0.39 is 0 Å². The van der Waals surface area contributed by atoms with Gasteiger partial charge in [0.25, 0.3) is 0 Å². The summed E-state index contributed by atoms with van der Waals surface area (Å²) < 4.78 is 5.24. The zero-order valence-electron chi connectivity index (χ0n) is 14.3. The van der Waals surface area contributed by atoms with Crippen molar-refractivity contribution in [1.29, 1.82) is 0 Å². The van der Waals surface area contributed by atoms with Crippen molar-refractivity contribution >= 4 is 22.4 Å². The van der Waals surface area contributed by atoms with Crippen molar-refractivity contribution in [1.82, 2.24) is 20.3 Å². The van der Waals surface area contributed by atoms with Gasteiger partial charge in [-0.1, -0.05) is 54.6 Å². The van der Waals surface area contributed by atoms with Gasteiger partial charge in [0.2, 0.25) is 22.8 Å². The number of hydrogen-bond acceptors (Lipinski definition) is 7. The van der Waals surface area contributed by atoms with E-state index in [1.165, 1.54) is 16.9 Å². The van der Waals surface area contributed by atoms with Crippen LogP contribution in [-0.4, -0.2) is 26.2 Å². The lowest BCUT2D eigenvalue weighted by atomic mass is 10.0. The number of nitrogens with one attached hydrogen (secondary N) is 1. The van der Waals surface area contributed by atoms with Crippen molar-refractivity contribution in [3.63, 3.8) is 0 Å². The Morgan fingerprint density at radius 1 is 1.24 bits per heavy atom. The first-order valence-electron chi connectivity index (χ1n) is 8.04. The molecule has 3 rings (SSSR count). The zero-order chi connectivity index (χ0) is 17.8. The Bertz CT molecular complexity index is 854. The highest BCUT2D eigenvalue weighted by atomic mass is 32.1. The second-order valence-corrected chi connectivity index (χ2v) is 7.14. The molecule has 0 saturated carbocycles. The van der Waals surface area contributed by atoms with E-state index in [2.05, 4.69) is 51.6 Å². The van der Waals surface area contributed by atoms with Crippen LogP contribution in [0.25, 0.3) is 11.4 Å². The molecule has 8 heteroatoms. The smallest absolute Gasteiger partial charge is 0.227 e. The summed E-state index contributed by atoms with van der Waals surface area (Å²) in [6.07, 6.45) is 0.618. The molecule has 0 aliphatic carbocycles. The van der Waals surface area contributed by atoms with Crippen LogP contribution in [0.4, 0.5) is 5.13 Å². The molecule has 130 valence electrons. The lowest BCUT2D eigenvalue weighted by Gasteiger charge is -2.04. The van der Waals surface area contributed by atoms with Crippen LogP contribution >= 0.6 is 11.3 Å². The predicted molar refractivity (Wildman–Crippen MR) is 95.4 cm³/mol. The van der Waals surface area contributed by atoms with Gasteiger partial charge in [0.05, 0.1) is 0 Å². The van der Waals surface area contributed by atoms with Crippen molar-refractivity contribution in [2.24, 2.45) is 0 Å².